The van der Waals surface area contributed by atoms with E-state index in [1.165, 1.54) is 12.8 Å². The number of carbonyl (C=O) groups is 1. The van der Waals surface area contributed by atoms with Crippen LogP contribution in [0, 0.1) is 5.92 Å². The first-order valence-electron chi connectivity index (χ1n) is 7.48. The number of benzene rings is 1. The fraction of sp³-hybridized carbons (Fsp3) is 0.562. The van der Waals surface area contributed by atoms with Gasteiger partial charge in [0.15, 0.2) is 0 Å². The van der Waals surface area contributed by atoms with Gasteiger partial charge in [0.1, 0.15) is 5.75 Å². The maximum absolute atomic E-state index is 12.1. The van der Waals surface area contributed by atoms with E-state index in [0.29, 0.717) is 5.92 Å². The average Bonchev–Trinajstić information content (AvgIpc) is 2.54. The minimum atomic E-state index is -0.0880. The summed E-state index contributed by atoms with van der Waals surface area (Å²) in [7, 11) is 1.65. The molecule has 0 bridgehead atoms. The fourth-order valence-corrected chi connectivity index (χ4v) is 3.29. The summed E-state index contributed by atoms with van der Waals surface area (Å²) in [5.74, 6) is 1.52. The van der Waals surface area contributed by atoms with Crippen LogP contribution in [0.25, 0.3) is 0 Å². The predicted octanol–water partition coefficient (Wildman–Crippen LogP) is 2.29. The van der Waals surface area contributed by atoms with Crippen LogP contribution in [0.1, 0.15) is 19.8 Å². The van der Waals surface area contributed by atoms with Gasteiger partial charge in [-0.2, -0.15) is 0 Å². The summed E-state index contributed by atoms with van der Waals surface area (Å²) in [6.45, 7) is 4.84. The number of methoxy groups -OCH3 is 1. The van der Waals surface area contributed by atoms with Crippen molar-refractivity contribution in [3.05, 3.63) is 24.3 Å². The van der Waals surface area contributed by atoms with Crippen molar-refractivity contribution in [2.24, 2.45) is 5.92 Å². The van der Waals surface area contributed by atoms with Crippen molar-refractivity contribution in [1.29, 1.82) is 0 Å². The Morgan fingerprint density at radius 1 is 1.48 bits per heavy atom. The molecule has 4 nitrogen and oxygen atoms in total. The maximum atomic E-state index is 12.1. The number of rotatable bonds is 6. The van der Waals surface area contributed by atoms with E-state index in [-0.39, 0.29) is 11.2 Å². The van der Waals surface area contributed by atoms with E-state index < -0.39 is 0 Å². The maximum Gasteiger partial charge on any atom is 0.233 e. The summed E-state index contributed by atoms with van der Waals surface area (Å²) in [6.07, 6.45) is 2.41. The van der Waals surface area contributed by atoms with E-state index in [2.05, 4.69) is 10.6 Å². The zero-order chi connectivity index (χ0) is 15.1. The molecule has 1 aliphatic heterocycles. The molecule has 1 fully saturated rings. The van der Waals surface area contributed by atoms with E-state index in [4.69, 9.17) is 4.74 Å². The molecule has 21 heavy (non-hydrogen) atoms. The van der Waals surface area contributed by atoms with Gasteiger partial charge < -0.3 is 15.4 Å². The van der Waals surface area contributed by atoms with E-state index >= 15 is 0 Å². The molecule has 1 heterocycles. The summed E-state index contributed by atoms with van der Waals surface area (Å²) < 4.78 is 5.13. The lowest BCUT2D eigenvalue weighted by Crippen LogP contribution is -2.40. The molecule has 0 spiro atoms. The molecule has 2 atom stereocenters. The van der Waals surface area contributed by atoms with Crippen LogP contribution < -0.4 is 15.4 Å². The van der Waals surface area contributed by atoms with Crippen LogP contribution >= 0.6 is 11.8 Å². The van der Waals surface area contributed by atoms with Crippen molar-refractivity contribution in [1.82, 2.24) is 10.6 Å². The van der Waals surface area contributed by atoms with E-state index in [9.17, 15) is 4.79 Å². The lowest BCUT2D eigenvalue weighted by atomic mass is 10.00. The highest BCUT2D eigenvalue weighted by atomic mass is 32.2. The molecule has 116 valence electrons. The number of amides is 1. The Balaban J connectivity index is 1.75. The first-order valence-corrected chi connectivity index (χ1v) is 8.36. The fourth-order valence-electron chi connectivity index (χ4n) is 2.40. The Morgan fingerprint density at radius 2 is 2.24 bits per heavy atom. The highest BCUT2D eigenvalue weighted by molar-refractivity contribution is 8.00. The van der Waals surface area contributed by atoms with Crippen molar-refractivity contribution in [3.63, 3.8) is 0 Å². The van der Waals surface area contributed by atoms with Gasteiger partial charge in [0.25, 0.3) is 0 Å². The molecule has 0 aromatic heterocycles. The van der Waals surface area contributed by atoms with E-state index in [1.807, 2.05) is 31.2 Å². The third-order valence-corrected chi connectivity index (χ3v) is 4.82. The minimum absolute atomic E-state index is 0.0880. The number of hydrogen-bond acceptors (Lipinski definition) is 4. The molecule has 2 N–H and O–H groups in total. The van der Waals surface area contributed by atoms with Crippen LogP contribution in [0.4, 0.5) is 0 Å². The number of nitrogens with one attached hydrogen (secondary N) is 2. The van der Waals surface area contributed by atoms with Gasteiger partial charge in [-0.15, -0.1) is 11.8 Å². The third kappa shape index (κ3) is 5.25. The van der Waals surface area contributed by atoms with E-state index in [0.717, 1.165) is 30.3 Å². The van der Waals surface area contributed by atoms with Gasteiger partial charge in [-0.25, -0.2) is 0 Å². The van der Waals surface area contributed by atoms with Gasteiger partial charge in [-0.1, -0.05) is 0 Å². The van der Waals surface area contributed by atoms with Crippen LogP contribution in [0.2, 0.25) is 0 Å². The number of carbonyl (C=O) groups excluding carboxylic acids is 1. The first-order chi connectivity index (χ1) is 10.2. The zero-order valence-corrected chi connectivity index (χ0v) is 13.5. The second kappa shape index (κ2) is 8.29. The summed E-state index contributed by atoms with van der Waals surface area (Å²) in [6, 6.07) is 7.80. The smallest absolute Gasteiger partial charge is 0.233 e. The van der Waals surface area contributed by atoms with Crippen molar-refractivity contribution in [2.75, 3.05) is 26.7 Å². The molecular formula is C16H24N2O2S. The lowest BCUT2D eigenvalue weighted by molar-refractivity contribution is -0.120. The van der Waals surface area contributed by atoms with Gasteiger partial charge in [-0.3, -0.25) is 4.79 Å². The quantitative estimate of drug-likeness (QED) is 0.792. The van der Waals surface area contributed by atoms with Crippen LogP contribution in [0.3, 0.4) is 0 Å². The molecule has 2 unspecified atom stereocenters. The molecule has 2 rings (SSSR count). The monoisotopic (exact) mass is 308 g/mol. The summed E-state index contributed by atoms with van der Waals surface area (Å²) >= 11 is 1.57. The number of ether oxygens (including phenoxy) is 1. The number of thioether (sulfide) groups is 1. The average molecular weight is 308 g/mol. The van der Waals surface area contributed by atoms with Crippen LogP contribution in [0.15, 0.2) is 29.2 Å². The molecule has 1 aromatic rings. The molecule has 1 amide bonds. The highest BCUT2D eigenvalue weighted by Crippen LogP contribution is 2.25. The number of hydrogen-bond donors (Lipinski definition) is 2. The van der Waals surface area contributed by atoms with Crippen molar-refractivity contribution in [2.45, 2.75) is 29.9 Å². The topological polar surface area (TPSA) is 50.4 Å². The van der Waals surface area contributed by atoms with Crippen molar-refractivity contribution >= 4 is 17.7 Å². The SMILES string of the molecule is COc1ccc(SC(C)C(=O)NCC2CCCNC2)cc1. The molecule has 1 aromatic carbocycles. The van der Waals surface area contributed by atoms with Crippen LogP contribution in [-0.2, 0) is 4.79 Å². The molecular weight excluding hydrogens is 284 g/mol. The molecule has 0 saturated carbocycles. The summed E-state index contributed by atoms with van der Waals surface area (Å²) in [4.78, 5) is 13.2. The Bertz CT molecular complexity index is 444. The normalized spacial score (nSPS) is 19.8. The first kappa shape index (κ1) is 16.2. The second-order valence-corrected chi connectivity index (χ2v) is 6.81. The zero-order valence-electron chi connectivity index (χ0n) is 12.7. The van der Waals surface area contributed by atoms with Crippen molar-refractivity contribution in [3.8, 4) is 5.75 Å². The van der Waals surface area contributed by atoms with Gasteiger partial charge in [0.05, 0.1) is 12.4 Å². The minimum Gasteiger partial charge on any atom is -0.497 e. The van der Waals surface area contributed by atoms with Gasteiger partial charge in [0.2, 0.25) is 5.91 Å². The molecule has 0 aliphatic carbocycles. The molecule has 5 heteroatoms. The standard InChI is InChI=1S/C16H24N2O2S/c1-12(21-15-7-5-14(20-2)6-8-15)16(19)18-11-13-4-3-9-17-10-13/h5-8,12-13,17H,3-4,9-11H2,1-2H3,(H,18,19). The summed E-state index contributed by atoms with van der Waals surface area (Å²) in [5, 5.41) is 6.35. The Hall–Kier alpha value is -1.20. The highest BCUT2D eigenvalue weighted by Gasteiger charge is 2.17. The second-order valence-electron chi connectivity index (χ2n) is 5.39. The summed E-state index contributed by atoms with van der Waals surface area (Å²) in [5.41, 5.74) is 0. The van der Waals surface area contributed by atoms with E-state index in [1.54, 1.807) is 18.9 Å². The van der Waals surface area contributed by atoms with Crippen LogP contribution in [-0.4, -0.2) is 37.9 Å². The Kier molecular flexibility index (Phi) is 6.39. The number of piperidine rings is 1. The largest absolute Gasteiger partial charge is 0.497 e. The van der Waals surface area contributed by atoms with Crippen molar-refractivity contribution < 1.29 is 9.53 Å². The third-order valence-electron chi connectivity index (χ3n) is 3.71. The Labute approximate surface area is 131 Å². The lowest BCUT2D eigenvalue weighted by Gasteiger charge is -2.23. The van der Waals surface area contributed by atoms with Gasteiger partial charge in [0, 0.05) is 11.4 Å². The van der Waals surface area contributed by atoms with Crippen LogP contribution in [0.5, 0.6) is 5.75 Å². The molecule has 0 radical (unpaired) electrons. The Morgan fingerprint density at radius 3 is 2.86 bits per heavy atom. The van der Waals surface area contributed by atoms with Gasteiger partial charge in [-0.05, 0) is 63.0 Å². The molecule has 1 aliphatic rings. The van der Waals surface area contributed by atoms with Gasteiger partial charge >= 0.3 is 0 Å². The predicted molar refractivity (Wildman–Crippen MR) is 86.9 cm³/mol. The molecule has 1 saturated heterocycles.